The highest BCUT2D eigenvalue weighted by Crippen LogP contribution is 2.48. The molecule has 2 aliphatic rings. The van der Waals surface area contributed by atoms with Crippen molar-refractivity contribution < 1.29 is 4.79 Å². The number of carbonyl (C=O) groups excluding carboxylic acids is 1. The van der Waals surface area contributed by atoms with Crippen molar-refractivity contribution in [2.75, 3.05) is 31.7 Å². The third kappa shape index (κ3) is 2.69. The summed E-state index contributed by atoms with van der Waals surface area (Å²) in [5.74, 6) is 0. The van der Waals surface area contributed by atoms with E-state index in [-0.39, 0.29) is 5.41 Å². The van der Waals surface area contributed by atoms with Gasteiger partial charge in [0.05, 0.1) is 5.41 Å². The summed E-state index contributed by atoms with van der Waals surface area (Å²) < 4.78 is 0. The maximum absolute atomic E-state index is 11.9. The molecule has 4 rings (SSSR count). The van der Waals surface area contributed by atoms with Crippen LogP contribution in [-0.2, 0) is 23.2 Å². The number of nitrogens with one attached hydrogen (secondary N) is 1. The number of rotatable bonds is 4. The Kier molecular flexibility index (Phi) is 4.23. The van der Waals surface area contributed by atoms with Crippen LogP contribution in [0.15, 0.2) is 30.3 Å². The summed E-state index contributed by atoms with van der Waals surface area (Å²) in [6, 6.07) is 10.7. The van der Waals surface area contributed by atoms with Crippen LogP contribution in [0.1, 0.15) is 36.0 Å². The van der Waals surface area contributed by atoms with E-state index in [0.29, 0.717) is 0 Å². The van der Waals surface area contributed by atoms with Crippen molar-refractivity contribution in [3.8, 4) is 11.1 Å². The van der Waals surface area contributed by atoms with Crippen LogP contribution in [0.25, 0.3) is 11.1 Å². The van der Waals surface area contributed by atoms with Gasteiger partial charge in [0.25, 0.3) is 0 Å². The zero-order chi connectivity index (χ0) is 18.3. The van der Waals surface area contributed by atoms with Crippen LogP contribution in [0.5, 0.6) is 0 Å². The number of anilines is 2. The van der Waals surface area contributed by atoms with E-state index in [0.717, 1.165) is 73.1 Å². The van der Waals surface area contributed by atoms with Gasteiger partial charge in [-0.05, 0) is 66.8 Å². The largest absolute Gasteiger partial charge is 0.399 e. The third-order valence-electron chi connectivity index (χ3n) is 6.14. The molecule has 0 spiro atoms. The number of nitrogens with zero attached hydrogens (tertiary/aromatic N) is 1. The average molecular weight is 349 g/mol. The van der Waals surface area contributed by atoms with Gasteiger partial charge in [-0.2, -0.15) is 0 Å². The molecule has 0 unspecified atom stereocenters. The lowest BCUT2D eigenvalue weighted by Crippen LogP contribution is -2.36. The zero-order valence-corrected chi connectivity index (χ0v) is 15.6. The highest BCUT2D eigenvalue weighted by molar-refractivity contribution is 5.88. The smallest absolute Gasteiger partial charge is 0.130 e. The lowest BCUT2D eigenvalue weighted by Gasteiger charge is -2.39. The summed E-state index contributed by atoms with van der Waals surface area (Å²) >= 11 is 0. The Labute approximate surface area is 155 Å². The number of likely N-dealkylation sites (N-methyl/N-ethyl adjacent to an activating group) is 1. The first kappa shape index (κ1) is 17.1. The van der Waals surface area contributed by atoms with Gasteiger partial charge in [0.1, 0.15) is 6.29 Å². The number of fused-ring (bicyclic) bond motifs is 1. The molecule has 0 saturated heterocycles. The van der Waals surface area contributed by atoms with Gasteiger partial charge in [0.15, 0.2) is 0 Å². The monoisotopic (exact) mass is 349 g/mol. The summed E-state index contributed by atoms with van der Waals surface area (Å²) in [4.78, 5) is 14.2. The minimum atomic E-state index is -0.378. The minimum Gasteiger partial charge on any atom is -0.399 e. The molecule has 1 aliphatic carbocycles. The molecule has 136 valence electrons. The molecule has 0 atom stereocenters. The molecule has 1 fully saturated rings. The van der Waals surface area contributed by atoms with Gasteiger partial charge >= 0.3 is 0 Å². The standard InChI is InChI=1S/C22H27N3O/c1-24-21-19(11-18(23)12-20(21)22(14-26)7-3-8-22)16-5-4-15-6-9-25(2)13-17(15)10-16/h4-5,10-12,14,24H,3,6-9,13,23H2,1-2H3. The lowest BCUT2D eigenvalue weighted by molar-refractivity contribution is -0.115. The summed E-state index contributed by atoms with van der Waals surface area (Å²) in [7, 11) is 4.10. The highest BCUT2D eigenvalue weighted by Gasteiger charge is 2.41. The number of nitrogen functional groups attached to an aromatic ring is 1. The van der Waals surface area contributed by atoms with E-state index >= 15 is 0 Å². The summed E-state index contributed by atoms with van der Waals surface area (Å²) in [5, 5.41) is 3.36. The molecule has 0 aromatic heterocycles. The van der Waals surface area contributed by atoms with Crippen LogP contribution in [0.4, 0.5) is 11.4 Å². The molecule has 26 heavy (non-hydrogen) atoms. The average Bonchev–Trinajstić information content (AvgIpc) is 2.60. The molecule has 1 heterocycles. The van der Waals surface area contributed by atoms with Crippen LogP contribution in [-0.4, -0.2) is 31.8 Å². The number of hydrogen-bond acceptors (Lipinski definition) is 4. The second-order valence-corrected chi connectivity index (χ2v) is 7.84. The topological polar surface area (TPSA) is 58.4 Å². The molecule has 4 heteroatoms. The van der Waals surface area contributed by atoms with E-state index in [2.05, 4.69) is 35.5 Å². The SMILES string of the molecule is CNc1c(-c2ccc3c(c2)CN(C)CC3)cc(N)cc1C1(C=O)CCC1. The maximum Gasteiger partial charge on any atom is 0.130 e. The van der Waals surface area contributed by atoms with Crippen LogP contribution in [0.2, 0.25) is 0 Å². The predicted octanol–water partition coefficient (Wildman–Crippen LogP) is 3.59. The zero-order valence-electron chi connectivity index (χ0n) is 15.6. The van der Waals surface area contributed by atoms with E-state index in [9.17, 15) is 4.79 Å². The van der Waals surface area contributed by atoms with Gasteiger partial charge in [-0.3, -0.25) is 0 Å². The van der Waals surface area contributed by atoms with E-state index < -0.39 is 0 Å². The van der Waals surface area contributed by atoms with Crippen molar-refractivity contribution in [1.29, 1.82) is 0 Å². The number of hydrogen-bond donors (Lipinski definition) is 2. The Hall–Kier alpha value is -2.33. The number of nitrogens with two attached hydrogens (primary N) is 1. The molecule has 1 aliphatic heterocycles. The van der Waals surface area contributed by atoms with Crippen LogP contribution in [0.3, 0.4) is 0 Å². The summed E-state index contributed by atoms with van der Waals surface area (Å²) in [6.45, 7) is 2.09. The predicted molar refractivity (Wildman–Crippen MR) is 107 cm³/mol. The van der Waals surface area contributed by atoms with Crippen molar-refractivity contribution in [2.24, 2.45) is 0 Å². The maximum atomic E-state index is 11.9. The molecule has 1 saturated carbocycles. The van der Waals surface area contributed by atoms with Gasteiger partial charge in [-0.15, -0.1) is 0 Å². The fraction of sp³-hybridized carbons (Fsp3) is 0.409. The van der Waals surface area contributed by atoms with Crippen molar-refractivity contribution >= 4 is 17.7 Å². The summed E-state index contributed by atoms with van der Waals surface area (Å²) in [6.07, 6.45) is 5.13. The fourth-order valence-electron chi connectivity index (χ4n) is 4.43. The second-order valence-electron chi connectivity index (χ2n) is 7.84. The van der Waals surface area contributed by atoms with Gasteiger partial charge in [-0.25, -0.2) is 0 Å². The normalized spacial score (nSPS) is 18.7. The number of carbonyl (C=O) groups is 1. The van der Waals surface area contributed by atoms with E-state index in [4.69, 9.17) is 5.73 Å². The molecule has 3 N–H and O–H groups in total. The minimum absolute atomic E-state index is 0.378. The second kappa shape index (κ2) is 6.44. The number of aldehydes is 1. The first-order chi connectivity index (χ1) is 12.6. The molecule has 0 radical (unpaired) electrons. The molecule has 0 bridgehead atoms. The number of benzene rings is 2. The van der Waals surface area contributed by atoms with Crippen LogP contribution in [0, 0.1) is 0 Å². The molecule has 2 aromatic carbocycles. The highest BCUT2D eigenvalue weighted by atomic mass is 16.1. The Balaban J connectivity index is 1.86. The van der Waals surface area contributed by atoms with Gasteiger partial charge in [0.2, 0.25) is 0 Å². The first-order valence-corrected chi connectivity index (χ1v) is 9.45. The molecule has 4 nitrogen and oxygen atoms in total. The van der Waals surface area contributed by atoms with Crippen LogP contribution >= 0.6 is 0 Å². The van der Waals surface area contributed by atoms with Crippen molar-refractivity contribution in [1.82, 2.24) is 4.90 Å². The molecule has 0 amide bonds. The van der Waals surface area contributed by atoms with Crippen molar-refractivity contribution in [2.45, 2.75) is 37.6 Å². The quantitative estimate of drug-likeness (QED) is 0.654. The lowest BCUT2D eigenvalue weighted by atomic mass is 9.64. The van der Waals surface area contributed by atoms with Crippen LogP contribution < -0.4 is 11.1 Å². The molecular formula is C22H27N3O. The Bertz CT molecular complexity index is 855. The van der Waals surface area contributed by atoms with E-state index in [1.54, 1.807) is 0 Å². The molecule has 2 aromatic rings. The Morgan fingerprint density at radius 3 is 2.65 bits per heavy atom. The van der Waals surface area contributed by atoms with Crippen molar-refractivity contribution in [3.05, 3.63) is 47.0 Å². The third-order valence-corrected chi connectivity index (χ3v) is 6.14. The Morgan fingerprint density at radius 1 is 1.19 bits per heavy atom. The van der Waals surface area contributed by atoms with E-state index in [1.807, 2.05) is 19.2 Å². The van der Waals surface area contributed by atoms with E-state index in [1.165, 1.54) is 11.1 Å². The van der Waals surface area contributed by atoms with Gasteiger partial charge < -0.3 is 20.7 Å². The van der Waals surface area contributed by atoms with Gasteiger partial charge in [0, 0.05) is 37.1 Å². The first-order valence-electron chi connectivity index (χ1n) is 9.45. The molecular weight excluding hydrogens is 322 g/mol. The van der Waals surface area contributed by atoms with Crippen molar-refractivity contribution in [3.63, 3.8) is 0 Å². The Morgan fingerprint density at radius 2 is 2.00 bits per heavy atom. The fourth-order valence-corrected chi connectivity index (χ4v) is 4.43. The summed E-state index contributed by atoms with van der Waals surface area (Å²) in [5.41, 5.74) is 13.8. The van der Waals surface area contributed by atoms with Gasteiger partial charge in [-0.1, -0.05) is 18.6 Å².